The smallest absolute Gasteiger partial charge is 0.184 e. The Morgan fingerprint density at radius 2 is 2.33 bits per heavy atom. The topological polar surface area (TPSA) is 85.7 Å². The number of rotatable bonds is 3. The number of nitrogens with zero attached hydrogens (tertiary/aromatic N) is 1. The summed E-state index contributed by atoms with van der Waals surface area (Å²) in [6, 6.07) is 5.31. The van der Waals surface area contributed by atoms with Crippen molar-refractivity contribution in [3.8, 4) is 5.75 Å². The van der Waals surface area contributed by atoms with E-state index in [1.54, 1.807) is 25.5 Å². The van der Waals surface area contributed by atoms with Gasteiger partial charge in [-0.15, -0.1) is 0 Å². The lowest BCUT2D eigenvalue weighted by Crippen LogP contribution is -2.23. The van der Waals surface area contributed by atoms with Gasteiger partial charge in [0.15, 0.2) is 5.11 Å². The van der Waals surface area contributed by atoms with E-state index in [4.69, 9.17) is 16.2 Å². The summed E-state index contributed by atoms with van der Waals surface area (Å²) in [7, 11) is 1.56. The van der Waals surface area contributed by atoms with E-state index in [0.717, 1.165) is 5.56 Å². The second-order valence-corrected chi connectivity index (χ2v) is 3.18. The lowest BCUT2D eigenvalue weighted by Gasteiger charge is -2.04. The quantitative estimate of drug-likeness (QED) is 0.300. The molecule has 0 aliphatic carbocycles. The van der Waals surface area contributed by atoms with Crippen molar-refractivity contribution < 1.29 is 4.74 Å². The summed E-state index contributed by atoms with van der Waals surface area (Å²) in [5.74, 6) is 0.606. The van der Waals surface area contributed by atoms with Crippen LogP contribution < -0.4 is 21.6 Å². The van der Waals surface area contributed by atoms with E-state index in [1.165, 1.54) is 0 Å². The van der Waals surface area contributed by atoms with Crippen LogP contribution in [0.5, 0.6) is 5.75 Å². The van der Waals surface area contributed by atoms with Gasteiger partial charge in [-0.1, -0.05) is 6.07 Å². The number of methoxy groups -OCH3 is 1. The maximum absolute atomic E-state index is 5.65. The van der Waals surface area contributed by atoms with E-state index in [-0.39, 0.29) is 5.11 Å². The highest BCUT2D eigenvalue weighted by molar-refractivity contribution is 7.80. The van der Waals surface area contributed by atoms with Gasteiger partial charge >= 0.3 is 0 Å². The SMILES string of the molecule is COc1cc(/C=N\NC(N)=S)ccc1N. The number of nitrogens with one attached hydrogen (secondary N) is 1. The number of thiocarbonyl (C=S) groups is 1. The molecule has 5 N–H and O–H groups in total. The first-order chi connectivity index (χ1) is 7.13. The molecular formula is C9H12N4OS. The highest BCUT2D eigenvalue weighted by Gasteiger charge is 1.98. The van der Waals surface area contributed by atoms with E-state index in [0.29, 0.717) is 11.4 Å². The van der Waals surface area contributed by atoms with E-state index >= 15 is 0 Å². The third-order valence-electron chi connectivity index (χ3n) is 1.65. The van der Waals surface area contributed by atoms with Crippen LogP contribution in [0, 0.1) is 0 Å². The number of nitrogens with two attached hydrogens (primary N) is 2. The minimum absolute atomic E-state index is 0.119. The summed E-state index contributed by atoms with van der Waals surface area (Å²) in [6.45, 7) is 0. The number of benzene rings is 1. The molecular weight excluding hydrogens is 212 g/mol. The van der Waals surface area contributed by atoms with E-state index in [9.17, 15) is 0 Å². The van der Waals surface area contributed by atoms with Crippen molar-refractivity contribution in [1.82, 2.24) is 5.43 Å². The maximum Gasteiger partial charge on any atom is 0.184 e. The molecule has 0 bridgehead atoms. The molecule has 0 saturated heterocycles. The third-order valence-corrected chi connectivity index (χ3v) is 1.74. The van der Waals surface area contributed by atoms with E-state index in [1.807, 2.05) is 6.07 Å². The van der Waals surface area contributed by atoms with Crippen LogP contribution in [0.4, 0.5) is 5.69 Å². The van der Waals surface area contributed by atoms with Crippen molar-refractivity contribution in [1.29, 1.82) is 0 Å². The summed E-state index contributed by atoms with van der Waals surface area (Å²) in [6.07, 6.45) is 1.57. The molecule has 6 heteroatoms. The molecule has 0 unspecified atom stereocenters. The highest BCUT2D eigenvalue weighted by Crippen LogP contribution is 2.20. The average molecular weight is 224 g/mol. The molecule has 0 spiro atoms. The Labute approximate surface area is 93.1 Å². The Hall–Kier alpha value is -1.82. The fourth-order valence-electron chi connectivity index (χ4n) is 0.978. The lowest BCUT2D eigenvalue weighted by atomic mass is 10.2. The number of hydrazone groups is 1. The van der Waals surface area contributed by atoms with Crippen LogP contribution in [0.1, 0.15) is 5.56 Å². The van der Waals surface area contributed by atoms with Gasteiger partial charge in [0.05, 0.1) is 19.0 Å². The van der Waals surface area contributed by atoms with Crippen LogP contribution in [-0.4, -0.2) is 18.4 Å². The number of hydrogen-bond acceptors (Lipinski definition) is 4. The van der Waals surface area contributed by atoms with E-state index < -0.39 is 0 Å². The minimum Gasteiger partial charge on any atom is -0.495 e. The van der Waals surface area contributed by atoms with Crippen molar-refractivity contribution in [3.05, 3.63) is 23.8 Å². The van der Waals surface area contributed by atoms with E-state index in [2.05, 4.69) is 22.7 Å². The highest BCUT2D eigenvalue weighted by atomic mass is 32.1. The predicted octanol–water partition coefficient (Wildman–Crippen LogP) is 0.445. The van der Waals surface area contributed by atoms with Gasteiger partial charge in [0, 0.05) is 0 Å². The van der Waals surface area contributed by atoms with Gasteiger partial charge < -0.3 is 16.2 Å². The normalized spacial score (nSPS) is 10.2. The molecule has 1 rings (SSSR count). The van der Waals surface area contributed by atoms with Crippen molar-refractivity contribution in [2.24, 2.45) is 10.8 Å². The number of anilines is 1. The molecule has 0 aliphatic rings. The van der Waals surface area contributed by atoms with Gasteiger partial charge in [0.1, 0.15) is 5.75 Å². The molecule has 1 aromatic rings. The monoisotopic (exact) mass is 224 g/mol. The zero-order valence-corrected chi connectivity index (χ0v) is 9.04. The molecule has 0 radical (unpaired) electrons. The zero-order valence-electron chi connectivity index (χ0n) is 8.23. The summed E-state index contributed by atoms with van der Waals surface area (Å²) in [4.78, 5) is 0. The van der Waals surface area contributed by atoms with Crippen LogP contribution in [0.2, 0.25) is 0 Å². The average Bonchev–Trinajstić information content (AvgIpc) is 2.20. The number of hydrogen-bond donors (Lipinski definition) is 3. The van der Waals surface area contributed by atoms with Crippen molar-refractivity contribution >= 4 is 29.2 Å². The molecule has 0 heterocycles. The molecule has 80 valence electrons. The Bertz CT molecular complexity index is 392. The van der Waals surface area contributed by atoms with Crippen LogP contribution in [0.15, 0.2) is 23.3 Å². The largest absolute Gasteiger partial charge is 0.495 e. The Balaban J connectivity index is 2.78. The fourth-order valence-corrected chi connectivity index (χ4v) is 1.03. The molecule has 15 heavy (non-hydrogen) atoms. The maximum atomic E-state index is 5.65. The summed E-state index contributed by atoms with van der Waals surface area (Å²) in [5, 5.41) is 3.93. The van der Waals surface area contributed by atoms with Crippen molar-refractivity contribution in [2.75, 3.05) is 12.8 Å². The van der Waals surface area contributed by atoms with Crippen LogP contribution in [0.25, 0.3) is 0 Å². The standard InChI is InChI=1S/C9H12N4OS/c1-14-8-4-6(2-3-7(8)10)5-12-13-9(11)15/h2-5H,10H2,1H3,(H3,11,13,15)/b12-5-. The molecule has 0 aromatic heterocycles. The molecule has 0 saturated carbocycles. The second kappa shape index (κ2) is 5.16. The first-order valence-electron chi connectivity index (χ1n) is 4.15. The molecule has 0 amide bonds. The third kappa shape index (κ3) is 3.43. The molecule has 0 fully saturated rings. The first kappa shape index (κ1) is 11.3. The van der Waals surface area contributed by atoms with Crippen LogP contribution in [-0.2, 0) is 0 Å². The van der Waals surface area contributed by atoms with Crippen molar-refractivity contribution in [2.45, 2.75) is 0 Å². The minimum atomic E-state index is 0.119. The molecule has 0 atom stereocenters. The first-order valence-corrected chi connectivity index (χ1v) is 4.56. The fraction of sp³-hybridized carbons (Fsp3) is 0.111. The van der Waals surface area contributed by atoms with Crippen LogP contribution >= 0.6 is 12.2 Å². The van der Waals surface area contributed by atoms with Gasteiger partial charge in [0.25, 0.3) is 0 Å². The Morgan fingerprint density at radius 3 is 2.93 bits per heavy atom. The summed E-state index contributed by atoms with van der Waals surface area (Å²) in [5.41, 5.74) is 14.7. The summed E-state index contributed by atoms with van der Waals surface area (Å²) >= 11 is 4.59. The number of ether oxygens (including phenoxy) is 1. The number of nitrogen functional groups attached to an aromatic ring is 1. The summed E-state index contributed by atoms with van der Waals surface area (Å²) < 4.78 is 5.06. The van der Waals surface area contributed by atoms with Gasteiger partial charge in [-0.05, 0) is 29.9 Å². The molecule has 0 aliphatic heterocycles. The van der Waals surface area contributed by atoms with Gasteiger partial charge in [-0.3, -0.25) is 5.43 Å². The Kier molecular flexibility index (Phi) is 3.87. The molecule has 1 aromatic carbocycles. The lowest BCUT2D eigenvalue weighted by molar-refractivity contribution is 0.417. The van der Waals surface area contributed by atoms with Gasteiger partial charge in [-0.2, -0.15) is 5.10 Å². The van der Waals surface area contributed by atoms with Gasteiger partial charge in [0.2, 0.25) is 0 Å². The van der Waals surface area contributed by atoms with Crippen LogP contribution in [0.3, 0.4) is 0 Å². The Morgan fingerprint density at radius 1 is 1.60 bits per heavy atom. The molecule has 5 nitrogen and oxygen atoms in total. The second-order valence-electron chi connectivity index (χ2n) is 2.74. The zero-order chi connectivity index (χ0) is 11.3. The van der Waals surface area contributed by atoms with Gasteiger partial charge in [-0.25, -0.2) is 0 Å². The predicted molar refractivity (Wildman–Crippen MR) is 64.9 cm³/mol. The van der Waals surface area contributed by atoms with Crippen molar-refractivity contribution in [3.63, 3.8) is 0 Å².